The van der Waals surface area contributed by atoms with Crippen molar-refractivity contribution in [1.29, 1.82) is 0 Å². The topological polar surface area (TPSA) is 57.5 Å². The maximum absolute atomic E-state index is 9.60. The summed E-state index contributed by atoms with van der Waals surface area (Å²) in [6, 6.07) is 3.85. The molecule has 0 aliphatic carbocycles. The Bertz CT molecular complexity index is 275. The first kappa shape index (κ1) is 15.4. The van der Waals surface area contributed by atoms with E-state index < -0.39 is 5.97 Å². The van der Waals surface area contributed by atoms with E-state index in [-0.39, 0.29) is 6.10 Å². The molecule has 5 heteroatoms. The van der Waals surface area contributed by atoms with Crippen LogP contribution in [-0.2, 0) is 4.79 Å². The zero-order valence-electron chi connectivity index (χ0n) is 9.23. The molecule has 0 radical (unpaired) electrons. The first-order chi connectivity index (χ1) is 7.61. The predicted molar refractivity (Wildman–Crippen MR) is 67.2 cm³/mol. The smallest absolute Gasteiger partial charge is 0.303 e. The molecule has 1 heterocycles. The van der Waals surface area contributed by atoms with Gasteiger partial charge in [0, 0.05) is 17.2 Å². The molecule has 3 nitrogen and oxygen atoms in total. The van der Waals surface area contributed by atoms with E-state index in [4.69, 9.17) is 16.7 Å². The highest BCUT2D eigenvalue weighted by Crippen LogP contribution is 2.21. The molecule has 2 N–H and O–H groups in total. The summed E-state index contributed by atoms with van der Waals surface area (Å²) in [4.78, 5) is 10.6. The van der Waals surface area contributed by atoms with Crippen molar-refractivity contribution in [3.05, 3.63) is 22.4 Å². The molecule has 0 aliphatic heterocycles. The van der Waals surface area contributed by atoms with E-state index in [1.807, 2.05) is 24.4 Å². The van der Waals surface area contributed by atoms with Crippen molar-refractivity contribution in [2.45, 2.75) is 32.3 Å². The van der Waals surface area contributed by atoms with Crippen LogP contribution in [0.2, 0.25) is 0 Å². The lowest BCUT2D eigenvalue weighted by atomic mass is 10.2. The fourth-order valence-electron chi connectivity index (χ4n) is 0.940. The van der Waals surface area contributed by atoms with E-state index in [1.54, 1.807) is 11.3 Å². The van der Waals surface area contributed by atoms with Gasteiger partial charge in [0.1, 0.15) is 0 Å². The Labute approximate surface area is 105 Å². The maximum Gasteiger partial charge on any atom is 0.303 e. The van der Waals surface area contributed by atoms with Crippen molar-refractivity contribution in [1.82, 2.24) is 0 Å². The minimum absolute atomic E-state index is 0.292. The zero-order chi connectivity index (χ0) is 12.4. The highest BCUT2D eigenvalue weighted by molar-refractivity contribution is 7.10. The van der Waals surface area contributed by atoms with Crippen molar-refractivity contribution in [3.8, 4) is 0 Å². The average Bonchev–Trinajstić information content (AvgIpc) is 2.71. The number of aliphatic hydroxyl groups excluding tert-OH is 1. The Hall–Kier alpha value is -0.580. The number of carboxylic acids is 1. The Morgan fingerprint density at radius 1 is 1.62 bits per heavy atom. The number of alkyl halides is 1. The van der Waals surface area contributed by atoms with Gasteiger partial charge in [-0.1, -0.05) is 13.0 Å². The van der Waals surface area contributed by atoms with E-state index in [0.29, 0.717) is 18.7 Å². The van der Waals surface area contributed by atoms with Crippen LogP contribution in [0, 0.1) is 0 Å². The maximum atomic E-state index is 9.60. The monoisotopic (exact) mass is 264 g/mol. The summed E-state index contributed by atoms with van der Waals surface area (Å²) in [6.07, 6.45) is 1.30. The number of rotatable bonds is 5. The molecule has 16 heavy (non-hydrogen) atoms. The van der Waals surface area contributed by atoms with Gasteiger partial charge in [-0.3, -0.25) is 4.79 Å². The normalized spacial score (nSPS) is 11.4. The highest BCUT2D eigenvalue weighted by atomic mass is 35.5. The van der Waals surface area contributed by atoms with Crippen LogP contribution in [-0.4, -0.2) is 22.1 Å². The van der Waals surface area contributed by atoms with Gasteiger partial charge in [0.2, 0.25) is 0 Å². The summed E-state index contributed by atoms with van der Waals surface area (Å²) < 4.78 is 0. The molecule has 92 valence electrons. The first-order valence-electron chi connectivity index (χ1n) is 5.11. The second kappa shape index (κ2) is 9.63. The summed E-state index contributed by atoms with van der Waals surface area (Å²) in [6.45, 7) is 1.84. The number of hydrogen-bond donors (Lipinski definition) is 2. The number of aliphatic carboxylic acids is 1. The first-order valence-corrected chi connectivity index (χ1v) is 6.52. The van der Waals surface area contributed by atoms with Crippen LogP contribution in [0.15, 0.2) is 17.5 Å². The van der Waals surface area contributed by atoms with Crippen LogP contribution in [0.4, 0.5) is 0 Å². The number of halogens is 1. The Kier molecular flexibility index (Phi) is 9.28. The van der Waals surface area contributed by atoms with Gasteiger partial charge < -0.3 is 10.2 Å². The summed E-state index contributed by atoms with van der Waals surface area (Å²) in [5.74, 6) is -0.198. The second-order valence-electron chi connectivity index (χ2n) is 3.15. The van der Waals surface area contributed by atoms with Gasteiger partial charge in [-0.05, 0) is 24.3 Å². The molecule has 1 aromatic rings. The van der Waals surface area contributed by atoms with Crippen LogP contribution in [0.25, 0.3) is 0 Å². The number of carbonyl (C=O) groups is 1. The van der Waals surface area contributed by atoms with Gasteiger partial charge >= 0.3 is 5.97 Å². The molecule has 0 bridgehead atoms. The molecule has 0 saturated carbocycles. The SMILES string of the molecule is CCCC(=O)O.OC(CCCl)c1cccs1. The lowest BCUT2D eigenvalue weighted by Gasteiger charge is -2.03. The fraction of sp³-hybridized carbons (Fsp3) is 0.545. The van der Waals surface area contributed by atoms with Crippen molar-refractivity contribution in [2.75, 3.05) is 5.88 Å². The van der Waals surface area contributed by atoms with Gasteiger partial charge in [-0.2, -0.15) is 0 Å². The highest BCUT2D eigenvalue weighted by Gasteiger charge is 2.05. The summed E-state index contributed by atoms with van der Waals surface area (Å²) >= 11 is 7.02. The molecule has 0 spiro atoms. The molecular weight excluding hydrogens is 248 g/mol. The van der Waals surface area contributed by atoms with Gasteiger partial charge in [-0.15, -0.1) is 22.9 Å². The van der Waals surface area contributed by atoms with Gasteiger partial charge in [0.05, 0.1) is 6.10 Å². The lowest BCUT2D eigenvalue weighted by molar-refractivity contribution is -0.137. The third kappa shape index (κ3) is 7.68. The van der Waals surface area contributed by atoms with Crippen molar-refractivity contribution in [3.63, 3.8) is 0 Å². The summed E-state index contributed by atoms with van der Waals surface area (Å²) in [5.41, 5.74) is 0. The standard InChI is InChI=1S/C7H9ClOS.C4H8O2/c8-4-3-6(9)7-2-1-5-10-7;1-2-3-4(5)6/h1-2,5-6,9H,3-4H2;2-3H2,1H3,(H,5,6). The average molecular weight is 265 g/mol. The van der Waals surface area contributed by atoms with E-state index in [9.17, 15) is 9.90 Å². The molecule has 1 rings (SSSR count). The number of aliphatic hydroxyl groups is 1. The molecule has 0 aliphatic rings. The molecule has 0 saturated heterocycles. The molecular formula is C11H17ClO3S. The van der Waals surface area contributed by atoms with E-state index in [2.05, 4.69) is 0 Å². The second-order valence-corrected chi connectivity index (χ2v) is 4.51. The molecule has 1 unspecified atom stereocenters. The van der Waals surface area contributed by atoms with Crippen LogP contribution < -0.4 is 0 Å². The van der Waals surface area contributed by atoms with Crippen LogP contribution >= 0.6 is 22.9 Å². The van der Waals surface area contributed by atoms with Crippen LogP contribution in [0.1, 0.15) is 37.2 Å². The largest absolute Gasteiger partial charge is 0.481 e. The van der Waals surface area contributed by atoms with Crippen molar-refractivity contribution in [2.24, 2.45) is 0 Å². The Morgan fingerprint density at radius 3 is 2.62 bits per heavy atom. The Morgan fingerprint density at radius 2 is 2.31 bits per heavy atom. The molecule has 0 fully saturated rings. The lowest BCUT2D eigenvalue weighted by Crippen LogP contribution is -1.93. The number of hydrogen-bond acceptors (Lipinski definition) is 3. The third-order valence-electron chi connectivity index (χ3n) is 1.72. The van der Waals surface area contributed by atoms with Crippen molar-refractivity contribution < 1.29 is 15.0 Å². The van der Waals surface area contributed by atoms with Crippen LogP contribution in [0.5, 0.6) is 0 Å². The van der Waals surface area contributed by atoms with Gasteiger partial charge in [0.15, 0.2) is 0 Å². The summed E-state index contributed by atoms with van der Waals surface area (Å²) in [5, 5.41) is 19.2. The quantitative estimate of drug-likeness (QED) is 0.803. The molecule has 0 amide bonds. The van der Waals surface area contributed by atoms with Gasteiger partial charge in [0.25, 0.3) is 0 Å². The van der Waals surface area contributed by atoms with Gasteiger partial charge in [-0.25, -0.2) is 0 Å². The minimum atomic E-state index is -0.711. The van der Waals surface area contributed by atoms with E-state index in [0.717, 1.165) is 11.3 Å². The Balaban J connectivity index is 0.000000325. The zero-order valence-corrected chi connectivity index (χ0v) is 10.8. The van der Waals surface area contributed by atoms with E-state index in [1.165, 1.54) is 0 Å². The van der Waals surface area contributed by atoms with Crippen molar-refractivity contribution >= 4 is 28.9 Å². The minimum Gasteiger partial charge on any atom is -0.481 e. The van der Waals surface area contributed by atoms with E-state index >= 15 is 0 Å². The number of carboxylic acid groups (broad SMARTS) is 1. The molecule has 1 aromatic heterocycles. The number of thiophene rings is 1. The predicted octanol–water partition coefficient (Wildman–Crippen LogP) is 3.28. The molecule has 1 atom stereocenters. The van der Waals surface area contributed by atoms with Crippen LogP contribution in [0.3, 0.4) is 0 Å². The third-order valence-corrected chi connectivity index (χ3v) is 2.91. The molecule has 0 aromatic carbocycles. The fourth-order valence-corrected chi connectivity index (χ4v) is 1.89. The summed E-state index contributed by atoms with van der Waals surface area (Å²) in [7, 11) is 0.